The van der Waals surface area contributed by atoms with Crippen molar-refractivity contribution in [1.29, 1.82) is 0 Å². The molecule has 0 unspecified atom stereocenters. The second kappa shape index (κ2) is 5.78. The summed E-state index contributed by atoms with van der Waals surface area (Å²) in [4.78, 5) is 11.3. The molecule has 0 aliphatic carbocycles. The van der Waals surface area contributed by atoms with Gasteiger partial charge in [-0.1, -0.05) is 0 Å². The SMILES string of the molecule is Cn1nc(C2CCN(Cc3cscn3)CC2)c2cccnc21. The largest absolute Gasteiger partial charge is 0.297 e. The number of aryl methyl sites for hydroxylation is 1. The zero-order valence-electron chi connectivity index (χ0n) is 12.6. The van der Waals surface area contributed by atoms with Crippen LogP contribution in [0.3, 0.4) is 0 Å². The van der Waals surface area contributed by atoms with Crippen molar-refractivity contribution in [2.75, 3.05) is 13.1 Å². The van der Waals surface area contributed by atoms with E-state index in [0.717, 1.165) is 38.1 Å². The Labute approximate surface area is 133 Å². The lowest BCUT2D eigenvalue weighted by Crippen LogP contribution is -2.32. The summed E-state index contributed by atoms with van der Waals surface area (Å²) in [5.74, 6) is 0.541. The lowest BCUT2D eigenvalue weighted by atomic mass is 9.92. The third-order valence-corrected chi connectivity index (χ3v) is 5.11. The van der Waals surface area contributed by atoms with Crippen LogP contribution in [-0.2, 0) is 13.6 Å². The minimum atomic E-state index is 0.541. The molecule has 4 heterocycles. The number of piperidine rings is 1. The molecule has 4 rings (SSSR count). The zero-order chi connectivity index (χ0) is 14.9. The van der Waals surface area contributed by atoms with Gasteiger partial charge in [0.05, 0.1) is 16.9 Å². The van der Waals surface area contributed by atoms with E-state index >= 15 is 0 Å². The van der Waals surface area contributed by atoms with Gasteiger partial charge in [0, 0.05) is 36.5 Å². The lowest BCUT2D eigenvalue weighted by molar-refractivity contribution is 0.201. The lowest BCUT2D eigenvalue weighted by Gasteiger charge is -2.30. The van der Waals surface area contributed by atoms with Gasteiger partial charge in [-0.25, -0.2) is 9.97 Å². The van der Waals surface area contributed by atoms with Gasteiger partial charge >= 0.3 is 0 Å². The number of hydrogen-bond acceptors (Lipinski definition) is 5. The Balaban J connectivity index is 1.49. The van der Waals surface area contributed by atoms with Crippen LogP contribution < -0.4 is 0 Å². The maximum Gasteiger partial charge on any atom is 0.157 e. The van der Waals surface area contributed by atoms with Crippen LogP contribution in [0.2, 0.25) is 0 Å². The number of rotatable bonds is 3. The monoisotopic (exact) mass is 313 g/mol. The molecule has 3 aromatic rings. The summed E-state index contributed by atoms with van der Waals surface area (Å²) < 4.78 is 1.91. The standard InChI is InChI=1S/C16H19N5S/c1-20-16-14(3-2-6-17-16)15(19-20)12-4-7-21(8-5-12)9-13-10-22-11-18-13/h2-3,6,10-12H,4-5,7-9H2,1H3. The summed E-state index contributed by atoms with van der Waals surface area (Å²) in [6.07, 6.45) is 4.15. The fourth-order valence-corrected chi connectivity index (χ4v) is 3.88. The molecule has 0 amide bonds. The predicted molar refractivity (Wildman–Crippen MR) is 87.9 cm³/mol. The highest BCUT2D eigenvalue weighted by Crippen LogP contribution is 2.31. The molecule has 0 N–H and O–H groups in total. The Morgan fingerprint density at radius 2 is 2.14 bits per heavy atom. The molecule has 1 fully saturated rings. The molecule has 1 aliphatic rings. The van der Waals surface area contributed by atoms with E-state index in [1.54, 1.807) is 11.3 Å². The molecule has 0 bridgehead atoms. The highest BCUT2D eigenvalue weighted by Gasteiger charge is 2.25. The van der Waals surface area contributed by atoms with Crippen molar-refractivity contribution >= 4 is 22.4 Å². The van der Waals surface area contributed by atoms with E-state index in [-0.39, 0.29) is 0 Å². The van der Waals surface area contributed by atoms with Crippen LogP contribution in [0.15, 0.2) is 29.2 Å². The van der Waals surface area contributed by atoms with Crippen molar-refractivity contribution < 1.29 is 0 Å². The van der Waals surface area contributed by atoms with Gasteiger partial charge in [-0.15, -0.1) is 11.3 Å². The summed E-state index contributed by atoms with van der Waals surface area (Å²) >= 11 is 1.67. The van der Waals surface area contributed by atoms with E-state index in [2.05, 4.69) is 26.3 Å². The van der Waals surface area contributed by atoms with Crippen LogP contribution in [0, 0.1) is 0 Å². The summed E-state index contributed by atoms with van der Waals surface area (Å²) in [7, 11) is 1.98. The first kappa shape index (κ1) is 13.8. The molecular formula is C16H19N5S. The molecule has 1 aliphatic heterocycles. The van der Waals surface area contributed by atoms with Crippen molar-refractivity contribution in [1.82, 2.24) is 24.6 Å². The van der Waals surface area contributed by atoms with Crippen LogP contribution in [-0.4, -0.2) is 37.7 Å². The second-order valence-electron chi connectivity index (χ2n) is 5.91. The quantitative estimate of drug-likeness (QED) is 0.746. The molecule has 0 saturated carbocycles. The van der Waals surface area contributed by atoms with Gasteiger partial charge in [0.25, 0.3) is 0 Å². The molecule has 5 nitrogen and oxygen atoms in total. The highest BCUT2D eigenvalue weighted by atomic mass is 32.1. The number of thiazole rings is 1. The zero-order valence-corrected chi connectivity index (χ0v) is 13.5. The summed E-state index contributed by atoms with van der Waals surface area (Å²) in [5.41, 5.74) is 5.31. The third-order valence-electron chi connectivity index (χ3n) is 4.47. The Morgan fingerprint density at radius 1 is 1.27 bits per heavy atom. The van der Waals surface area contributed by atoms with E-state index in [1.807, 2.05) is 29.5 Å². The second-order valence-corrected chi connectivity index (χ2v) is 6.63. The molecular weight excluding hydrogens is 294 g/mol. The van der Waals surface area contributed by atoms with Crippen LogP contribution in [0.25, 0.3) is 11.0 Å². The van der Waals surface area contributed by atoms with Crippen molar-refractivity contribution in [3.8, 4) is 0 Å². The first-order valence-electron chi connectivity index (χ1n) is 7.68. The fraction of sp³-hybridized carbons (Fsp3) is 0.438. The average Bonchev–Trinajstić information content (AvgIpc) is 3.17. The van der Waals surface area contributed by atoms with Gasteiger partial charge in [0.15, 0.2) is 5.65 Å². The minimum Gasteiger partial charge on any atom is -0.297 e. The van der Waals surface area contributed by atoms with Crippen LogP contribution in [0.4, 0.5) is 0 Å². The predicted octanol–water partition coefficient (Wildman–Crippen LogP) is 2.80. The normalized spacial score (nSPS) is 17.3. The van der Waals surface area contributed by atoms with Crippen LogP contribution >= 0.6 is 11.3 Å². The van der Waals surface area contributed by atoms with Gasteiger partial charge in [-0.2, -0.15) is 5.10 Å². The Hall–Kier alpha value is -1.79. The average molecular weight is 313 g/mol. The highest BCUT2D eigenvalue weighted by molar-refractivity contribution is 7.07. The molecule has 0 aromatic carbocycles. The van der Waals surface area contributed by atoms with Gasteiger partial charge in [-0.05, 0) is 38.1 Å². The van der Waals surface area contributed by atoms with Gasteiger partial charge in [0.1, 0.15) is 0 Å². The topological polar surface area (TPSA) is 46.8 Å². The van der Waals surface area contributed by atoms with Crippen molar-refractivity contribution in [3.63, 3.8) is 0 Å². The molecule has 0 atom stereocenters. The van der Waals surface area contributed by atoms with Gasteiger partial charge in [0.2, 0.25) is 0 Å². The van der Waals surface area contributed by atoms with E-state index in [1.165, 1.54) is 16.8 Å². The minimum absolute atomic E-state index is 0.541. The summed E-state index contributed by atoms with van der Waals surface area (Å²) in [6, 6.07) is 4.15. The number of fused-ring (bicyclic) bond motifs is 1. The maximum atomic E-state index is 4.74. The molecule has 0 radical (unpaired) electrons. The number of likely N-dealkylation sites (tertiary alicyclic amines) is 1. The van der Waals surface area contributed by atoms with Gasteiger partial charge in [-0.3, -0.25) is 9.58 Å². The van der Waals surface area contributed by atoms with Crippen molar-refractivity contribution in [2.24, 2.45) is 7.05 Å². The molecule has 1 saturated heterocycles. The van der Waals surface area contributed by atoms with Crippen LogP contribution in [0.5, 0.6) is 0 Å². The number of hydrogen-bond donors (Lipinski definition) is 0. The van der Waals surface area contributed by atoms with E-state index < -0.39 is 0 Å². The van der Waals surface area contributed by atoms with Crippen molar-refractivity contribution in [2.45, 2.75) is 25.3 Å². The Morgan fingerprint density at radius 3 is 2.91 bits per heavy atom. The van der Waals surface area contributed by atoms with Gasteiger partial charge < -0.3 is 0 Å². The number of pyridine rings is 1. The third kappa shape index (κ3) is 2.53. The Kier molecular flexibility index (Phi) is 3.63. The first-order valence-corrected chi connectivity index (χ1v) is 8.62. The number of aromatic nitrogens is 4. The van der Waals surface area contributed by atoms with Crippen LogP contribution in [0.1, 0.15) is 30.1 Å². The molecule has 0 spiro atoms. The first-order chi connectivity index (χ1) is 10.8. The van der Waals surface area contributed by atoms with Crippen molar-refractivity contribution in [3.05, 3.63) is 40.6 Å². The molecule has 6 heteroatoms. The summed E-state index contributed by atoms with van der Waals surface area (Å²) in [6.45, 7) is 3.20. The van der Waals surface area contributed by atoms with E-state index in [0.29, 0.717) is 5.92 Å². The maximum absolute atomic E-state index is 4.74. The Bertz CT molecular complexity index is 756. The molecule has 22 heavy (non-hydrogen) atoms. The molecule has 114 valence electrons. The van der Waals surface area contributed by atoms with E-state index in [9.17, 15) is 0 Å². The fourth-order valence-electron chi connectivity index (χ4n) is 3.33. The molecule has 3 aromatic heterocycles. The number of nitrogens with zero attached hydrogens (tertiary/aromatic N) is 5. The van der Waals surface area contributed by atoms with E-state index in [4.69, 9.17) is 5.10 Å². The smallest absolute Gasteiger partial charge is 0.157 e. The summed E-state index contributed by atoms with van der Waals surface area (Å²) in [5, 5.41) is 8.09.